The third-order valence-corrected chi connectivity index (χ3v) is 9.96. The van der Waals surface area contributed by atoms with Crippen molar-refractivity contribution in [3.63, 3.8) is 0 Å². The van der Waals surface area contributed by atoms with Crippen molar-refractivity contribution in [2.75, 3.05) is 0 Å². The molecule has 0 aliphatic carbocycles. The van der Waals surface area contributed by atoms with Gasteiger partial charge in [-0.05, 0) is 6.42 Å². The molecular formula is C14H12F18O5S2. The largest absolute Gasteiger partial charge is 0.460 e. The Morgan fingerprint density at radius 3 is 1.00 bits per heavy atom. The number of alkyl halides is 18. The van der Waals surface area contributed by atoms with E-state index in [-0.39, 0.29) is 0 Å². The van der Waals surface area contributed by atoms with Gasteiger partial charge in [-0.25, -0.2) is 16.8 Å². The number of halogens is 18. The molecule has 0 fully saturated rings. The van der Waals surface area contributed by atoms with E-state index in [2.05, 4.69) is 0 Å². The van der Waals surface area contributed by atoms with Crippen molar-refractivity contribution >= 4 is 19.7 Å². The van der Waals surface area contributed by atoms with Crippen LogP contribution in [0.15, 0.2) is 0 Å². The summed E-state index contributed by atoms with van der Waals surface area (Å²) in [6, 6.07) is 0. The summed E-state index contributed by atoms with van der Waals surface area (Å²) < 4.78 is 279. The SMILES string of the molecule is CCCC(O)CC(S(=O)(=O)C(F)(F)C(F)(F)C(F)(F)C(F)(F)F)S(=O)(=O)C(F)(F)C(F)(F)C(F)(F)C(F)(F)F. The summed E-state index contributed by atoms with van der Waals surface area (Å²) in [5.74, 6) is -33.1. The van der Waals surface area contributed by atoms with Crippen molar-refractivity contribution in [1.29, 1.82) is 0 Å². The number of aliphatic hydroxyl groups excluding tert-OH is 1. The van der Waals surface area contributed by atoms with Gasteiger partial charge in [0.2, 0.25) is 19.7 Å². The standard InChI is InChI=1S/C14H12F18O5S2/c1-2-3-5(33)4-6(38(34,35)13(29,30)9(19,20)7(15,16)11(23,24)25)39(36,37)14(31,32)10(21,22)8(17,18)12(26,27)28/h5-6,33H,2-4H2,1H3. The Kier molecular flexibility index (Phi) is 9.79. The van der Waals surface area contributed by atoms with Gasteiger partial charge in [0.15, 0.2) is 4.58 Å². The average molecular weight is 666 g/mol. The summed E-state index contributed by atoms with van der Waals surface area (Å²) in [6.07, 6.45) is -23.4. The van der Waals surface area contributed by atoms with Gasteiger partial charge in [-0.3, -0.25) is 0 Å². The molecule has 0 aromatic heterocycles. The van der Waals surface area contributed by atoms with E-state index in [1.54, 1.807) is 0 Å². The number of rotatable bonds is 12. The zero-order chi connectivity index (χ0) is 32.3. The molecule has 0 rings (SSSR count). The number of hydrogen-bond acceptors (Lipinski definition) is 5. The first-order chi connectivity index (χ1) is 16.6. The molecule has 0 aromatic carbocycles. The second kappa shape index (κ2) is 10.2. The summed E-state index contributed by atoms with van der Waals surface area (Å²) >= 11 is 0. The summed E-state index contributed by atoms with van der Waals surface area (Å²) in [6.45, 7) is 0.917. The summed E-state index contributed by atoms with van der Waals surface area (Å²) in [5, 5.41) is -7.00. The van der Waals surface area contributed by atoms with E-state index in [0.717, 1.165) is 6.92 Å². The lowest BCUT2D eigenvalue weighted by Crippen LogP contribution is -2.68. The van der Waals surface area contributed by atoms with Crippen LogP contribution in [0.3, 0.4) is 0 Å². The van der Waals surface area contributed by atoms with Gasteiger partial charge in [0.1, 0.15) is 0 Å². The van der Waals surface area contributed by atoms with Crippen LogP contribution < -0.4 is 0 Å². The van der Waals surface area contributed by atoms with E-state index in [1.165, 1.54) is 0 Å². The van der Waals surface area contributed by atoms with Gasteiger partial charge in [-0.2, -0.15) is 79.0 Å². The maximum atomic E-state index is 14.1. The van der Waals surface area contributed by atoms with E-state index < -0.39 is 96.2 Å². The quantitative estimate of drug-likeness (QED) is 0.277. The smallest absolute Gasteiger partial charge is 0.393 e. The van der Waals surface area contributed by atoms with Crippen LogP contribution in [0.5, 0.6) is 0 Å². The normalized spacial score (nSPS) is 17.1. The fourth-order valence-corrected chi connectivity index (χ4v) is 7.14. The summed E-state index contributed by atoms with van der Waals surface area (Å²) in [5.41, 5.74) is 0. The molecule has 39 heavy (non-hydrogen) atoms. The lowest BCUT2D eigenvalue weighted by Gasteiger charge is -2.37. The fourth-order valence-electron chi connectivity index (χ4n) is 2.50. The molecule has 1 atom stereocenters. The van der Waals surface area contributed by atoms with Gasteiger partial charge in [-0.1, -0.05) is 13.3 Å². The Morgan fingerprint density at radius 1 is 0.538 bits per heavy atom. The van der Waals surface area contributed by atoms with Gasteiger partial charge < -0.3 is 5.11 Å². The van der Waals surface area contributed by atoms with Crippen LogP contribution in [-0.2, 0) is 19.7 Å². The zero-order valence-electron chi connectivity index (χ0n) is 18.0. The van der Waals surface area contributed by atoms with Crippen LogP contribution in [0.1, 0.15) is 26.2 Å². The van der Waals surface area contributed by atoms with Crippen LogP contribution in [-0.4, -0.2) is 79.2 Å². The van der Waals surface area contributed by atoms with Gasteiger partial charge >= 0.3 is 46.6 Å². The first-order valence-corrected chi connectivity index (χ1v) is 12.2. The predicted molar refractivity (Wildman–Crippen MR) is 89.0 cm³/mol. The first-order valence-electron chi connectivity index (χ1n) is 9.14. The van der Waals surface area contributed by atoms with Crippen molar-refractivity contribution in [3.8, 4) is 0 Å². The number of hydrogen-bond donors (Lipinski definition) is 1. The fraction of sp³-hybridized carbons (Fsp3) is 1.00. The third-order valence-electron chi connectivity index (χ3n) is 4.73. The molecule has 0 heterocycles. The minimum atomic E-state index is -8.75. The molecule has 236 valence electrons. The Hall–Kier alpha value is -1.40. The van der Waals surface area contributed by atoms with Crippen LogP contribution >= 0.6 is 0 Å². The second-order valence-corrected chi connectivity index (χ2v) is 12.2. The molecule has 0 aliphatic rings. The van der Waals surface area contributed by atoms with Crippen LogP contribution in [0.4, 0.5) is 79.0 Å². The molecule has 0 bridgehead atoms. The maximum absolute atomic E-state index is 14.1. The minimum absolute atomic E-state index is 0.578. The summed E-state index contributed by atoms with van der Waals surface area (Å²) in [4.78, 5) is 0. The second-order valence-electron chi connectivity index (χ2n) is 7.52. The van der Waals surface area contributed by atoms with Crippen LogP contribution in [0, 0.1) is 0 Å². The topological polar surface area (TPSA) is 88.5 Å². The molecule has 0 amide bonds. The molecule has 0 aromatic rings. The highest BCUT2D eigenvalue weighted by Crippen LogP contribution is 2.59. The van der Waals surface area contributed by atoms with E-state index in [9.17, 15) is 101 Å². The minimum Gasteiger partial charge on any atom is -0.393 e. The van der Waals surface area contributed by atoms with Crippen LogP contribution in [0.2, 0.25) is 0 Å². The highest BCUT2D eigenvalue weighted by molar-refractivity contribution is 8.10. The van der Waals surface area contributed by atoms with Crippen molar-refractivity contribution in [2.45, 2.75) is 83.4 Å². The lowest BCUT2D eigenvalue weighted by molar-refractivity contribution is -0.382. The van der Waals surface area contributed by atoms with E-state index in [1.807, 2.05) is 0 Å². The van der Waals surface area contributed by atoms with Gasteiger partial charge in [-0.15, -0.1) is 0 Å². The molecule has 5 nitrogen and oxygen atoms in total. The first kappa shape index (κ1) is 37.6. The molecule has 0 spiro atoms. The van der Waals surface area contributed by atoms with E-state index in [0.29, 0.717) is 0 Å². The average Bonchev–Trinajstić information content (AvgIpc) is 2.69. The molecule has 0 radical (unpaired) electrons. The number of sulfone groups is 2. The Morgan fingerprint density at radius 2 is 0.795 bits per heavy atom. The molecule has 1 N–H and O–H groups in total. The van der Waals surface area contributed by atoms with Crippen molar-refractivity contribution < 1.29 is 101 Å². The monoisotopic (exact) mass is 666 g/mol. The maximum Gasteiger partial charge on any atom is 0.460 e. The molecular weight excluding hydrogens is 654 g/mol. The predicted octanol–water partition coefficient (Wildman–Crippen LogP) is 5.54. The highest BCUT2D eigenvalue weighted by Gasteiger charge is 2.89. The highest BCUT2D eigenvalue weighted by atomic mass is 32.3. The van der Waals surface area contributed by atoms with Gasteiger partial charge in [0.05, 0.1) is 6.10 Å². The molecule has 0 saturated carbocycles. The molecule has 0 saturated heterocycles. The van der Waals surface area contributed by atoms with Crippen molar-refractivity contribution in [2.24, 2.45) is 0 Å². The number of aliphatic hydroxyl groups is 1. The van der Waals surface area contributed by atoms with Crippen molar-refractivity contribution in [1.82, 2.24) is 0 Å². The lowest BCUT2D eigenvalue weighted by atomic mass is 10.1. The van der Waals surface area contributed by atoms with Gasteiger partial charge in [0, 0.05) is 6.42 Å². The Bertz CT molecular complexity index is 1010. The zero-order valence-corrected chi connectivity index (χ0v) is 19.6. The third kappa shape index (κ3) is 5.46. The van der Waals surface area contributed by atoms with Gasteiger partial charge in [0.25, 0.3) is 0 Å². The summed E-state index contributed by atoms with van der Waals surface area (Å²) in [7, 11) is -17.5. The van der Waals surface area contributed by atoms with E-state index in [4.69, 9.17) is 0 Å². The van der Waals surface area contributed by atoms with Crippen LogP contribution in [0.25, 0.3) is 0 Å². The molecule has 25 heteroatoms. The van der Waals surface area contributed by atoms with E-state index >= 15 is 0 Å². The Balaban J connectivity index is 7.60. The Labute approximate surface area is 205 Å². The molecule has 0 aliphatic heterocycles. The molecule has 1 unspecified atom stereocenters. The van der Waals surface area contributed by atoms with Crippen molar-refractivity contribution in [3.05, 3.63) is 0 Å².